The molecule has 0 aromatic heterocycles. The molecular formula is C10H11ClF3NO. The van der Waals surface area contributed by atoms with Gasteiger partial charge in [-0.2, -0.15) is 13.2 Å². The van der Waals surface area contributed by atoms with Crippen LogP contribution < -0.4 is 10.5 Å². The van der Waals surface area contributed by atoms with E-state index in [1.807, 2.05) is 0 Å². The molecule has 6 heteroatoms. The Kier molecular flexibility index (Phi) is 4.29. The highest BCUT2D eigenvalue weighted by Gasteiger charge is 2.26. The molecule has 2 nitrogen and oxygen atoms in total. The molecule has 90 valence electrons. The summed E-state index contributed by atoms with van der Waals surface area (Å²) >= 11 is 5.76. The SMILES string of the molecule is Nc1ccc(Cl)c(OCCCC(F)(F)F)c1. The smallest absolute Gasteiger partial charge is 0.389 e. The van der Waals surface area contributed by atoms with E-state index < -0.39 is 12.6 Å². The largest absolute Gasteiger partial charge is 0.492 e. The monoisotopic (exact) mass is 253 g/mol. The quantitative estimate of drug-likeness (QED) is 0.657. The predicted octanol–water partition coefficient (Wildman–Crippen LogP) is 3.64. The second-order valence-corrected chi connectivity index (χ2v) is 3.66. The fraction of sp³-hybridized carbons (Fsp3) is 0.400. The highest BCUT2D eigenvalue weighted by atomic mass is 35.5. The molecule has 2 N–H and O–H groups in total. The van der Waals surface area contributed by atoms with Gasteiger partial charge in [-0.05, 0) is 18.6 Å². The zero-order valence-corrected chi connectivity index (χ0v) is 9.11. The van der Waals surface area contributed by atoms with Gasteiger partial charge in [0.1, 0.15) is 5.75 Å². The molecule has 0 aliphatic heterocycles. The molecule has 1 rings (SSSR count). The van der Waals surface area contributed by atoms with Crippen LogP contribution in [0.5, 0.6) is 5.75 Å². The third-order valence-electron chi connectivity index (χ3n) is 1.82. The summed E-state index contributed by atoms with van der Waals surface area (Å²) in [7, 11) is 0. The standard InChI is InChI=1S/C10H11ClF3NO/c11-8-3-2-7(15)6-9(8)16-5-1-4-10(12,13)14/h2-3,6H,1,4-5,15H2. The van der Waals surface area contributed by atoms with Crippen molar-refractivity contribution in [2.24, 2.45) is 0 Å². The van der Waals surface area contributed by atoms with E-state index in [9.17, 15) is 13.2 Å². The average Bonchev–Trinajstić information content (AvgIpc) is 2.16. The highest BCUT2D eigenvalue weighted by Crippen LogP contribution is 2.27. The Bertz CT molecular complexity index is 354. The van der Waals surface area contributed by atoms with Crippen LogP contribution in [-0.2, 0) is 0 Å². The first-order valence-electron chi connectivity index (χ1n) is 4.63. The van der Waals surface area contributed by atoms with Crippen molar-refractivity contribution in [1.29, 1.82) is 0 Å². The number of halogens is 4. The van der Waals surface area contributed by atoms with Crippen LogP contribution in [0.25, 0.3) is 0 Å². The Morgan fingerprint density at radius 1 is 1.31 bits per heavy atom. The van der Waals surface area contributed by atoms with Crippen LogP contribution in [0, 0.1) is 0 Å². The van der Waals surface area contributed by atoms with Gasteiger partial charge in [-0.25, -0.2) is 0 Å². The molecular weight excluding hydrogens is 243 g/mol. The number of hydrogen-bond acceptors (Lipinski definition) is 2. The topological polar surface area (TPSA) is 35.2 Å². The fourth-order valence-corrected chi connectivity index (χ4v) is 1.26. The van der Waals surface area contributed by atoms with Gasteiger partial charge in [0.15, 0.2) is 0 Å². The molecule has 1 aromatic rings. The van der Waals surface area contributed by atoms with Crippen molar-refractivity contribution in [2.45, 2.75) is 19.0 Å². The first-order valence-corrected chi connectivity index (χ1v) is 5.01. The summed E-state index contributed by atoms with van der Waals surface area (Å²) in [4.78, 5) is 0. The van der Waals surface area contributed by atoms with E-state index in [1.54, 1.807) is 6.07 Å². The third kappa shape index (κ3) is 4.61. The van der Waals surface area contributed by atoms with E-state index in [-0.39, 0.29) is 13.0 Å². The number of ether oxygens (including phenoxy) is 1. The number of anilines is 1. The Morgan fingerprint density at radius 2 is 2.00 bits per heavy atom. The molecule has 16 heavy (non-hydrogen) atoms. The Hall–Kier alpha value is -1.10. The number of nitrogens with two attached hydrogens (primary N) is 1. The van der Waals surface area contributed by atoms with Crippen molar-refractivity contribution in [1.82, 2.24) is 0 Å². The van der Waals surface area contributed by atoms with Gasteiger partial charge in [0, 0.05) is 18.2 Å². The van der Waals surface area contributed by atoms with Crippen molar-refractivity contribution in [2.75, 3.05) is 12.3 Å². The average molecular weight is 254 g/mol. The summed E-state index contributed by atoms with van der Waals surface area (Å²) < 4.78 is 40.6. The lowest BCUT2D eigenvalue weighted by Gasteiger charge is -2.09. The summed E-state index contributed by atoms with van der Waals surface area (Å²) in [5.41, 5.74) is 5.94. The number of benzene rings is 1. The number of rotatable bonds is 4. The fourth-order valence-electron chi connectivity index (χ4n) is 1.09. The van der Waals surface area contributed by atoms with Crippen molar-refractivity contribution < 1.29 is 17.9 Å². The van der Waals surface area contributed by atoms with E-state index in [0.29, 0.717) is 16.5 Å². The molecule has 0 bridgehead atoms. The molecule has 0 aliphatic rings. The van der Waals surface area contributed by atoms with E-state index in [4.69, 9.17) is 22.1 Å². The molecule has 0 aliphatic carbocycles. The third-order valence-corrected chi connectivity index (χ3v) is 2.13. The van der Waals surface area contributed by atoms with Gasteiger partial charge in [0.05, 0.1) is 11.6 Å². The van der Waals surface area contributed by atoms with Crippen molar-refractivity contribution >= 4 is 17.3 Å². The first-order chi connectivity index (χ1) is 7.38. The van der Waals surface area contributed by atoms with Crippen molar-refractivity contribution in [3.63, 3.8) is 0 Å². The summed E-state index contributed by atoms with van der Waals surface area (Å²) in [5, 5.41) is 0.334. The van der Waals surface area contributed by atoms with E-state index >= 15 is 0 Å². The second kappa shape index (κ2) is 5.30. The van der Waals surface area contributed by atoms with Crippen molar-refractivity contribution in [3.05, 3.63) is 23.2 Å². The van der Waals surface area contributed by atoms with Gasteiger partial charge in [0.25, 0.3) is 0 Å². The van der Waals surface area contributed by atoms with Crippen LogP contribution in [0.3, 0.4) is 0 Å². The van der Waals surface area contributed by atoms with Gasteiger partial charge in [0.2, 0.25) is 0 Å². The zero-order chi connectivity index (χ0) is 12.2. The number of nitrogen functional groups attached to an aromatic ring is 1. The lowest BCUT2D eigenvalue weighted by Crippen LogP contribution is -2.09. The van der Waals surface area contributed by atoms with E-state index in [0.717, 1.165) is 0 Å². The van der Waals surface area contributed by atoms with Gasteiger partial charge in [-0.3, -0.25) is 0 Å². The number of hydrogen-bond donors (Lipinski definition) is 1. The number of alkyl halides is 3. The molecule has 0 atom stereocenters. The zero-order valence-electron chi connectivity index (χ0n) is 8.35. The Balaban J connectivity index is 2.40. The predicted molar refractivity (Wildman–Crippen MR) is 56.6 cm³/mol. The molecule has 0 spiro atoms. The maximum Gasteiger partial charge on any atom is 0.389 e. The highest BCUT2D eigenvalue weighted by molar-refractivity contribution is 6.32. The van der Waals surface area contributed by atoms with Crippen LogP contribution in [0.4, 0.5) is 18.9 Å². The molecule has 1 aromatic carbocycles. The van der Waals surface area contributed by atoms with Gasteiger partial charge < -0.3 is 10.5 Å². The van der Waals surface area contributed by atoms with Crippen molar-refractivity contribution in [3.8, 4) is 5.75 Å². The first kappa shape index (κ1) is 13.0. The normalized spacial score (nSPS) is 11.5. The van der Waals surface area contributed by atoms with Gasteiger partial charge in [-0.15, -0.1) is 0 Å². The molecule has 0 fully saturated rings. The molecule has 0 saturated heterocycles. The van der Waals surface area contributed by atoms with Gasteiger partial charge in [-0.1, -0.05) is 11.6 Å². The van der Waals surface area contributed by atoms with E-state index in [1.165, 1.54) is 12.1 Å². The lowest BCUT2D eigenvalue weighted by atomic mass is 10.3. The molecule has 0 heterocycles. The van der Waals surface area contributed by atoms with Gasteiger partial charge >= 0.3 is 6.18 Å². The molecule has 0 saturated carbocycles. The van der Waals surface area contributed by atoms with Crippen LogP contribution in [0.2, 0.25) is 5.02 Å². The van der Waals surface area contributed by atoms with E-state index in [2.05, 4.69) is 0 Å². The Labute approximate surface area is 96.1 Å². The second-order valence-electron chi connectivity index (χ2n) is 3.26. The van der Waals surface area contributed by atoms with Crippen LogP contribution in [-0.4, -0.2) is 12.8 Å². The lowest BCUT2D eigenvalue weighted by molar-refractivity contribution is -0.136. The minimum atomic E-state index is -4.15. The van der Waals surface area contributed by atoms with Crippen LogP contribution >= 0.6 is 11.6 Å². The van der Waals surface area contributed by atoms with Crippen LogP contribution in [0.1, 0.15) is 12.8 Å². The maximum atomic E-state index is 11.8. The molecule has 0 radical (unpaired) electrons. The minimum Gasteiger partial charge on any atom is -0.492 e. The Morgan fingerprint density at radius 3 is 2.62 bits per heavy atom. The summed E-state index contributed by atoms with van der Waals surface area (Å²) in [6.07, 6.45) is -5.12. The molecule has 0 unspecified atom stereocenters. The summed E-state index contributed by atoms with van der Waals surface area (Å²) in [6.45, 7) is -0.0390. The summed E-state index contributed by atoms with van der Waals surface area (Å²) in [5.74, 6) is 0.309. The molecule has 0 amide bonds. The van der Waals surface area contributed by atoms with Crippen LogP contribution in [0.15, 0.2) is 18.2 Å². The summed E-state index contributed by atoms with van der Waals surface area (Å²) in [6, 6.07) is 4.61. The maximum absolute atomic E-state index is 11.8. The minimum absolute atomic E-state index is 0.0390.